The van der Waals surface area contributed by atoms with Gasteiger partial charge in [-0.15, -0.1) is 0 Å². The Morgan fingerprint density at radius 3 is 2.40 bits per heavy atom. The SMILES string of the molecule is CCNC(CC)c1c(C)nn(CCOC(C)(C)C)c1C. The summed E-state index contributed by atoms with van der Waals surface area (Å²) in [5.41, 5.74) is 3.65. The van der Waals surface area contributed by atoms with Gasteiger partial charge in [0.25, 0.3) is 0 Å². The molecular weight excluding hydrogens is 250 g/mol. The van der Waals surface area contributed by atoms with Crippen molar-refractivity contribution in [2.75, 3.05) is 13.2 Å². The van der Waals surface area contributed by atoms with Gasteiger partial charge in [-0.1, -0.05) is 13.8 Å². The van der Waals surface area contributed by atoms with Gasteiger partial charge in [0, 0.05) is 17.3 Å². The standard InChI is InChI=1S/C16H31N3O/c1-8-14(17-9-2)15-12(3)18-19(13(15)4)10-11-20-16(5,6)7/h14,17H,8-11H2,1-7H3. The highest BCUT2D eigenvalue weighted by atomic mass is 16.5. The van der Waals surface area contributed by atoms with Crippen molar-refractivity contribution in [3.63, 3.8) is 0 Å². The molecule has 0 amide bonds. The molecule has 0 aliphatic carbocycles. The third-order valence-electron chi connectivity index (χ3n) is 3.48. The third kappa shape index (κ3) is 4.60. The lowest BCUT2D eigenvalue weighted by molar-refractivity contribution is -0.00811. The van der Waals surface area contributed by atoms with E-state index in [0.717, 1.165) is 25.2 Å². The van der Waals surface area contributed by atoms with Crippen molar-refractivity contribution in [1.29, 1.82) is 0 Å². The molecule has 4 heteroatoms. The first-order valence-corrected chi connectivity index (χ1v) is 7.71. The maximum Gasteiger partial charge on any atom is 0.0669 e. The van der Waals surface area contributed by atoms with Gasteiger partial charge in [0.15, 0.2) is 0 Å². The minimum atomic E-state index is -0.0886. The first kappa shape index (κ1) is 17.2. The van der Waals surface area contributed by atoms with Crippen LogP contribution in [0.25, 0.3) is 0 Å². The topological polar surface area (TPSA) is 39.1 Å². The second kappa shape index (κ2) is 7.23. The fourth-order valence-corrected chi connectivity index (χ4v) is 2.57. The Hall–Kier alpha value is -0.870. The third-order valence-corrected chi connectivity index (χ3v) is 3.48. The van der Waals surface area contributed by atoms with Gasteiger partial charge in [-0.25, -0.2) is 0 Å². The van der Waals surface area contributed by atoms with Crippen molar-refractivity contribution < 1.29 is 4.74 Å². The Morgan fingerprint density at radius 1 is 1.25 bits per heavy atom. The summed E-state index contributed by atoms with van der Waals surface area (Å²) in [7, 11) is 0. The highest BCUT2D eigenvalue weighted by molar-refractivity contribution is 5.28. The van der Waals surface area contributed by atoms with Crippen LogP contribution < -0.4 is 5.32 Å². The fourth-order valence-electron chi connectivity index (χ4n) is 2.57. The molecule has 1 heterocycles. The highest BCUT2D eigenvalue weighted by Gasteiger charge is 2.19. The van der Waals surface area contributed by atoms with Crippen LogP contribution in [0.5, 0.6) is 0 Å². The number of rotatable bonds is 7. The largest absolute Gasteiger partial charge is 0.374 e. The van der Waals surface area contributed by atoms with Gasteiger partial charge in [0.05, 0.1) is 24.4 Å². The summed E-state index contributed by atoms with van der Waals surface area (Å²) < 4.78 is 7.88. The maximum atomic E-state index is 5.80. The first-order valence-electron chi connectivity index (χ1n) is 7.71. The van der Waals surface area contributed by atoms with Crippen LogP contribution in [0.3, 0.4) is 0 Å². The molecule has 0 saturated carbocycles. The van der Waals surface area contributed by atoms with Crippen LogP contribution in [0.15, 0.2) is 0 Å². The highest BCUT2D eigenvalue weighted by Crippen LogP contribution is 2.24. The summed E-state index contributed by atoms with van der Waals surface area (Å²) in [4.78, 5) is 0. The average Bonchev–Trinajstić information content (AvgIpc) is 2.61. The van der Waals surface area contributed by atoms with Crippen LogP contribution in [0.4, 0.5) is 0 Å². The second-order valence-corrected chi connectivity index (χ2v) is 6.29. The molecular formula is C16H31N3O. The lowest BCUT2D eigenvalue weighted by Gasteiger charge is -2.20. The zero-order valence-corrected chi connectivity index (χ0v) is 14.2. The van der Waals surface area contributed by atoms with E-state index in [1.54, 1.807) is 0 Å². The molecule has 1 atom stereocenters. The molecule has 0 bridgehead atoms. The number of aromatic nitrogens is 2. The summed E-state index contributed by atoms with van der Waals surface area (Å²) >= 11 is 0. The van der Waals surface area contributed by atoms with Crippen LogP contribution in [-0.2, 0) is 11.3 Å². The van der Waals surface area contributed by atoms with Gasteiger partial charge in [0.2, 0.25) is 0 Å². The second-order valence-electron chi connectivity index (χ2n) is 6.29. The van der Waals surface area contributed by atoms with E-state index in [9.17, 15) is 0 Å². The first-order chi connectivity index (χ1) is 9.30. The Kier molecular flexibility index (Phi) is 6.21. The molecule has 20 heavy (non-hydrogen) atoms. The zero-order chi connectivity index (χ0) is 15.3. The van der Waals surface area contributed by atoms with Crippen molar-refractivity contribution in [3.05, 3.63) is 17.0 Å². The van der Waals surface area contributed by atoms with Crippen molar-refractivity contribution in [2.24, 2.45) is 0 Å². The molecule has 0 spiro atoms. The molecule has 0 aliphatic rings. The Morgan fingerprint density at radius 2 is 1.90 bits per heavy atom. The van der Waals surface area contributed by atoms with E-state index in [0.29, 0.717) is 12.6 Å². The van der Waals surface area contributed by atoms with E-state index < -0.39 is 0 Å². The van der Waals surface area contributed by atoms with E-state index in [1.807, 2.05) is 0 Å². The van der Waals surface area contributed by atoms with Gasteiger partial charge in [0.1, 0.15) is 0 Å². The normalized spacial score (nSPS) is 13.8. The van der Waals surface area contributed by atoms with Crippen molar-refractivity contribution >= 4 is 0 Å². The van der Waals surface area contributed by atoms with Crippen LogP contribution in [0, 0.1) is 13.8 Å². The summed E-state index contributed by atoms with van der Waals surface area (Å²) in [6, 6.07) is 0.400. The monoisotopic (exact) mass is 281 g/mol. The zero-order valence-electron chi connectivity index (χ0n) is 14.2. The molecule has 0 fully saturated rings. The fraction of sp³-hybridized carbons (Fsp3) is 0.812. The number of hydrogen-bond acceptors (Lipinski definition) is 3. The smallest absolute Gasteiger partial charge is 0.0669 e. The number of aryl methyl sites for hydroxylation is 1. The molecule has 0 aromatic carbocycles. The van der Waals surface area contributed by atoms with Crippen LogP contribution in [-0.4, -0.2) is 28.5 Å². The molecule has 1 unspecified atom stereocenters. The predicted molar refractivity (Wildman–Crippen MR) is 84.1 cm³/mol. The van der Waals surface area contributed by atoms with E-state index >= 15 is 0 Å². The van der Waals surface area contributed by atoms with E-state index in [1.165, 1.54) is 11.3 Å². The average molecular weight is 281 g/mol. The van der Waals surface area contributed by atoms with Gasteiger partial charge >= 0.3 is 0 Å². The Labute approximate surface area is 123 Å². The van der Waals surface area contributed by atoms with Crippen LogP contribution >= 0.6 is 0 Å². The van der Waals surface area contributed by atoms with E-state index in [-0.39, 0.29) is 5.60 Å². The molecule has 116 valence electrons. The molecule has 1 N–H and O–H groups in total. The number of ether oxygens (including phenoxy) is 1. The van der Waals surface area contributed by atoms with Gasteiger partial charge < -0.3 is 10.1 Å². The summed E-state index contributed by atoms with van der Waals surface area (Å²) in [5.74, 6) is 0. The maximum absolute atomic E-state index is 5.80. The van der Waals surface area contributed by atoms with Gasteiger partial charge in [-0.2, -0.15) is 5.10 Å². The van der Waals surface area contributed by atoms with Crippen molar-refractivity contribution in [1.82, 2.24) is 15.1 Å². The van der Waals surface area contributed by atoms with Crippen molar-refractivity contribution in [2.45, 2.75) is 73.1 Å². The molecule has 0 saturated heterocycles. The predicted octanol–water partition coefficient (Wildman–Crippen LogP) is 3.38. The molecule has 4 nitrogen and oxygen atoms in total. The quantitative estimate of drug-likeness (QED) is 0.833. The van der Waals surface area contributed by atoms with Gasteiger partial charge in [-0.3, -0.25) is 4.68 Å². The van der Waals surface area contributed by atoms with E-state index in [4.69, 9.17) is 4.74 Å². The number of nitrogens with one attached hydrogen (secondary N) is 1. The number of hydrogen-bond donors (Lipinski definition) is 1. The molecule has 1 rings (SSSR count). The molecule has 1 aromatic rings. The molecule has 1 aromatic heterocycles. The van der Waals surface area contributed by atoms with E-state index in [2.05, 4.69) is 63.6 Å². The lowest BCUT2D eigenvalue weighted by Crippen LogP contribution is -2.23. The summed E-state index contributed by atoms with van der Waals surface area (Å²) in [6.45, 7) is 17.4. The van der Waals surface area contributed by atoms with Crippen LogP contribution in [0.2, 0.25) is 0 Å². The molecule has 0 aliphatic heterocycles. The minimum Gasteiger partial charge on any atom is -0.374 e. The summed E-state index contributed by atoms with van der Waals surface area (Å²) in [5, 5.41) is 8.22. The molecule has 0 radical (unpaired) electrons. The Balaban J connectivity index is 2.80. The van der Waals surface area contributed by atoms with Crippen molar-refractivity contribution in [3.8, 4) is 0 Å². The number of nitrogens with zero attached hydrogens (tertiary/aromatic N) is 2. The minimum absolute atomic E-state index is 0.0886. The Bertz CT molecular complexity index is 418. The lowest BCUT2D eigenvalue weighted by atomic mass is 10.0. The van der Waals surface area contributed by atoms with Crippen LogP contribution in [0.1, 0.15) is 64.0 Å². The summed E-state index contributed by atoms with van der Waals surface area (Å²) in [6.07, 6.45) is 1.08. The van der Waals surface area contributed by atoms with Gasteiger partial charge in [-0.05, 0) is 47.6 Å².